The first-order chi connectivity index (χ1) is 8.17. The van der Waals surface area contributed by atoms with Gasteiger partial charge >= 0.3 is 0 Å². The van der Waals surface area contributed by atoms with E-state index in [2.05, 4.69) is 18.9 Å². The van der Waals surface area contributed by atoms with Gasteiger partial charge in [-0.2, -0.15) is 0 Å². The Hall–Kier alpha value is -0.160. The number of ether oxygens (including phenoxy) is 2. The van der Waals surface area contributed by atoms with Crippen LogP contribution in [0.25, 0.3) is 0 Å². The van der Waals surface area contributed by atoms with Crippen LogP contribution in [0.2, 0.25) is 0 Å². The minimum atomic E-state index is 0.0370. The Morgan fingerprint density at radius 2 is 2.00 bits per heavy atom. The van der Waals surface area contributed by atoms with Gasteiger partial charge in [0, 0.05) is 37.8 Å². The first-order valence-electron chi connectivity index (χ1n) is 6.67. The normalized spacial score (nSPS) is 33.2. The maximum Gasteiger partial charge on any atom is 0.0702 e. The molecular weight excluding hydrogens is 218 g/mol. The van der Waals surface area contributed by atoms with E-state index in [9.17, 15) is 5.11 Å². The maximum atomic E-state index is 9.69. The van der Waals surface area contributed by atoms with Crippen molar-refractivity contribution in [1.29, 1.82) is 0 Å². The molecule has 0 bridgehead atoms. The predicted molar refractivity (Wildman–Crippen MR) is 66.0 cm³/mol. The molecule has 2 heterocycles. The van der Waals surface area contributed by atoms with Crippen LogP contribution >= 0.6 is 0 Å². The Kier molecular flexibility index (Phi) is 4.42. The summed E-state index contributed by atoms with van der Waals surface area (Å²) < 4.78 is 11.0. The number of nitrogens with zero attached hydrogens (tertiary/aromatic N) is 1. The second-order valence-electron chi connectivity index (χ2n) is 5.62. The number of rotatable bonds is 4. The summed E-state index contributed by atoms with van der Waals surface area (Å²) in [7, 11) is 2.16. The maximum absolute atomic E-state index is 9.69. The first kappa shape index (κ1) is 13.3. The second-order valence-corrected chi connectivity index (χ2v) is 5.62. The van der Waals surface area contributed by atoms with Gasteiger partial charge in [0.05, 0.1) is 12.7 Å². The van der Waals surface area contributed by atoms with Gasteiger partial charge in [0.1, 0.15) is 0 Å². The Bertz CT molecular complexity index is 241. The average Bonchev–Trinajstić information content (AvgIpc) is 2.77. The van der Waals surface area contributed by atoms with Crippen molar-refractivity contribution in [2.75, 3.05) is 40.0 Å². The van der Waals surface area contributed by atoms with Crippen molar-refractivity contribution >= 4 is 0 Å². The summed E-state index contributed by atoms with van der Waals surface area (Å²) in [5, 5.41) is 9.69. The van der Waals surface area contributed by atoms with Crippen LogP contribution in [0.1, 0.15) is 26.2 Å². The van der Waals surface area contributed by atoms with Crippen molar-refractivity contribution in [3.63, 3.8) is 0 Å². The molecule has 0 radical (unpaired) electrons. The van der Waals surface area contributed by atoms with Crippen LogP contribution in [-0.4, -0.2) is 62.2 Å². The van der Waals surface area contributed by atoms with Crippen LogP contribution < -0.4 is 0 Å². The number of likely N-dealkylation sites (N-methyl/N-ethyl adjacent to an activating group) is 1. The smallest absolute Gasteiger partial charge is 0.0702 e. The van der Waals surface area contributed by atoms with Crippen molar-refractivity contribution in [3.05, 3.63) is 0 Å². The molecular formula is C13H25NO3. The van der Waals surface area contributed by atoms with E-state index in [0.29, 0.717) is 12.1 Å². The highest BCUT2D eigenvalue weighted by Crippen LogP contribution is 2.32. The van der Waals surface area contributed by atoms with Crippen LogP contribution in [0.3, 0.4) is 0 Å². The van der Waals surface area contributed by atoms with Crippen molar-refractivity contribution in [2.45, 2.75) is 38.3 Å². The summed E-state index contributed by atoms with van der Waals surface area (Å²) in [5.74, 6) is 0. The van der Waals surface area contributed by atoms with Gasteiger partial charge in [0.15, 0.2) is 0 Å². The fourth-order valence-corrected chi connectivity index (χ4v) is 3.12. The summed E-state index contributed by atoms with van der Waals surface area (Å²) in [4.78, 5) is 2.37. The third-order valence-corrected chi connectivity index (χ3v) is 4.38. The summed E-state index contributed by atoms with van der Waals surface area (Å²) in [6.07, 6.45) is 3.36. The molecule has 1 N–H and O–H groups in total. The minimum Gasteiger partial charge on any atom is -0.396 e. The lowest BCUT2D eigenvalue weighted by Crippen LogP contribution is -2.47. The van der Waals surface area contributed by atoms with Gasteiger partial charge in [0.25, 0.3) is 0 Å². The third kappa shape index (κ3) is 2.99. The summed E-state index contributed by atoms with van der Waals surface area (Å²) in [6.45, 7) is 5.79. The van der Waals surface area contributed by atoms with Gasteiger partial charge in [-0.15, -0.1) is 0 Å². The standard InChI is InChI=1S/C13H25NO3/c1-11-12(3-6-17-11)14(2)9-13(10-15)4-7-16-8-5-13/h11-12,15H,3-10H2,1-2H3. The molecule has 0 aromatic carbocycles. The zero-order valence-corrected chi connectivity index (χ0v) is 11.0. The van der Waals surface area contributed by atoms with Gasteiger partial charge in [-0.3, -0.25) is 0 Å². The highest BCUT2D eigenvalue weighted by Gasteiger charge is 2.37. The second kappa shape index (κ2) is 5.65. The van der Waals surface area contributed by atoms with Crippen LogP contribution in [0, 0.1) is 5.41 Å². The van der Waals surface area contributed by atoms with Crippen molar-refractivity contribution in [1.82, 2.24) is 4.90 Å². The number of hydrogen-bond donors (Lipinski definition) is 1. The Labute approximate surface area is 104 Å². The van der Waals surface area contributed by atoms with Gasteiger partial charge in [-0.05, 0) is 33.2 Å². The van der Waals surface area contributed by atoms with Crippen molar-refractivity contribution in [3.8, 4) is 0 Å². The molecule has 2 aliphatic rings. The number of aliphatic hydroxyl groups is 1. The minimum absolute atomic E-state index is 0.0370. The Morgan fingerprint density at radius 1 is 1.29 bits per heavy atom. The largest absolute Gasteiger partial charge is 0.396 e. The Morgan fingerprint density at radius 3 is 2.53 bits per heavy atom. The van der Waals surface area contributed by atoms with Crippen LogP contribution in [0.15, 0.2) is 0 Å². The zero-order chi connectivity index (χ0) is 12.3. The molecule has 2 saturated heterocycles. The molecule has 4 heteroatoms. The SMILES string of the molecule is CC1OCCC1N(C)CC1(CO)CCOCC1. The zero-order valence-electron chi connectivity index (χ0n) is 11.0. The fraction of sp³-hybridized carbons (Fsp3) is 1.00. The van der Waals surface area contributed by atoms with E-state index in [1.165, 1.54) is 0 Å². The van der Waals surface area contributed by atoms with Gasteiger partial charge in [0.2, 0.25) is 0 Å². The molecule has 2 aliphatic heterocycles. The highest BCUT2D eigenvalue weighted by atomic mass is 16.5. The summed E-state index contributed by atoms with van der Waals surface area (Å²) in [5.41, 5.74) is 0.0370. The highest BCUT2D eigenvalue weighted by molar-refractivity contribution is 4.88. The van der Waals surface area contributed by atoms with Gasteiger partial charge in [-0.1, -0.05) is 0 Å². The van der Waals surface area contributed by atoms with E-state index in [1.54, 1.807) is 0 Å². The average molecular weight is 243 g/mol. The lowest BCUT2D eigenvalue weighted by atomic mass is 9.80. The summed E-state index contributed by atoms with van der Waals surface area (Å²) in [6, 6.07) is 0.501. The lowest BCUT2D eigenvalue weighted by Gasteiger charge is -2.40. The van der Waals surface area contributed by atoms with Crippen molar-refractivity contribution < 1.29 is 14.6 Å². The van der Waals surface area contributed by atoms with Crippen LogP contribution in [0.4, 0.5) is 0 Å². The monoisotopic (exact) mass is 243 g/mol. The topological polar surface area (TPSA) is 41.9 Å². The van der Waals surface area contributed by atoms with Crippen molar-refractivity contribution in [2.24, 2.45) is 5.41 Å². The molecule has 17 heavy (non-hydrogen) atoms. The number of aliphatic hydroxyl groups excluding tert-OH is 1. The first-order valence-corrected chi connectivity index (χ1v) is 6.67. The molecule has 2 fully saturated rings. The van der Waals surface area contributed by atoms with E-state index < -0.39 is 0 Å². The molecule has 0 saturated carbocycles. The molecule has 4 nitrogen and oxygen atoms in total. The fourth-order valence-electron chi connectivity index (χ4n) is 3.12. The molecule has 0 amide bonds. The van der Waals surface area contributed by atoms with Crippen LogP contribution in [-0.2, 0) is 9.47 Å². The quantitative estimate of drug-likeness (QED) is 0.796. The third-order valence-electron chi connectivity index (χ3n) is 4.38. The molecule has 0 spiro atoms. The predicted octanol–water partition coefficient (Wildman–Crippen LogP) is 0.885. The molecule has 0 aromatic heterocycles. The van der Waals surface area contributed by atoms with E-state index in [4.69, 9.17) is 9.47 Å². The van der Waals surface area contributed by atoms with E-state index >= 15 is 0 Å². The molecule has 100 valence electrons. The molecule has 2 rings (SSSR count). The van der Waals surface area contributed by atoms with E-state index in [-0.39, 0.29) is 12.0 Å². The van der Waals surface area contributed by atoms with Gasteiger partial charge in [-0.25, -0.2) is 0 Å². The molecule has 2 unspecified atom stereocenters. The molecule has 2 atom stereocenters. The Balaban J connectivity index is 1.93. The molecule has 0 aliphatic carbocycles. The molecule has 0 aromatic rings. The van der Waals surface area contributed by atoms with Gasteiger partial charge < -0.3 is 19.5 Å². The number of hydrogen-bond acceptors (Lipinski definition) is 4. The van der Waals surface area contributed by atoms with E-state index in [1.807, 2.05) is 0 Å². The van der Waals surface area contributed by atoms with Crippen LogP contribution in [0.5, 0.6) is 0 Å². The van der Waals surface area contributed by atoms with E-state index in [0.717, 1.165) is 45.6 Å². The summed E-state index contributed by atoms with van der Waals surface area (Å²) >= 11 is 0. The lowest BCUT2D eigenvalue weighted by molar-refractivity contribution is -0.0403.